The highest BCUT2D eigenvalue weighted by atomic mass is 16.2. The number of likely N-dealkylation sites (N-methyl/N-ethyl adjacent to an activating group) is 1. The largest absolute Gasteiger partial charge is 0.341 e. The molecule has 4 heteroatoms. The molecule has 0 radical (unpaired) electrons. The molecule has 0 saturated heterocycles. The van der Waals surface area contributed by atoms with Gasteiger partial charge in [0.25, 0.3) is 0 Å². The van der Waals surface area contributed by atoms with E-state index in [4.69, 9.17) is 0 Å². The van der Waals surface area contributed by atoms with Crippen LogP contribution in [-0.4, -0.2) is 44.2 Å². The summed E-state index contributed by atoms with van der Waals surface area (Å²) in [5.41, 5.74) is 0.171. The molecule has 88 valence electrons. The first-order valence-electron chi connectivity index (χ1n) is 5.74. The Balaban J connectivity index is 2.53. The molecule has 1 saturated carbocycles. The van der Waals surface area contributed by atoms with E-state index in [-0.39, 0.29) is 11.6 Å². The van der Waals surface area contributed by atoms with Gasteiger partial charge < -0.3 is 15.5 Å². The number of carbonyl (C=O) groups excluding carboxylic acids is 1. The van der Waals surface area contributed by atoms with Crippen molar-refractivity contribution in [2.24, 2.45) is 0 Å². The van der Waals surface area contributed by atoms with Crippen LogP contribution in [0, 0.1) is 0 Å². The number of nitrogens with one attached hydrogen (secondary N) is 2. The zero-order chi connectivity index (χ0) is 11.3. The molecule has 0 spiro atoms. The van der Waals surface area contributed by atoms with Crippen LogP contribution in [0.3, 0.4) is 0 Å². The molecule has 1 fully saturated rings. The first-order valence-corrected chi connectivity index (χ1v) is 5.74. The number of urea groups is 1. The molecule has 2 amide bonds. The Morgan fingerprint density at radius 2 is 1.87 bits per heavy atom. The van der Waals surface area contributed by atoms with Gasteiger partial charge in [-0.05, 0) is 26.9 Å². The van der Waals surface area contributed by atoms with Crippen molar-refractivity contribution in [3.63, 3.8) is 0 Å². The van der Waals surface area contributed by atoms with E-state index in [1.54, 1.807) is 7.05 Å². The van der Waals surface area contributed by atoms with E-state index in [1.807, 2.05) is 0 Å². The third kappa shape index (κ3) is 3.09. The second-order valence-corrected chi connectivity index (χ2v) is 4.61. The van der Waals surface area contributed by atoms with Crippen LogP contribution < -0.4 is 10.6 Å². The van der Waals surface area contributed by atoms with Crippen LogP contribution in [-0.2, 0) is 0 Å². The Bertz CT molecular complexity index is 210. The third-order valence-corrected chi connectivity index (χ3v) is 3.54. The average Bonchev–Trinajstić information content (AvgIpc) is 2.27. The van der Waals surface area contributed by atoms with Crippen LogP contribution >= 0.6 is 0 Å². The van der Waals surface area contributed by atoms with Crippen molar-refractivity contribution in [1.29, 1.82) is 0 Å². The topological polar surface area (TPSA) is 44.4 Å². The minimum Gasteiger partial charge on any atom is -0.341 e. The number of nitrogens with zero attached hydrogens (tertiary/aromatic N) is 1. The first-order chi connectivity index (χ1) is 7.10. The number of hydrogen-bond acceptors (Lipinski definition) is 2. The molecule has 0 aromatic heterocycles. The normalized spacial score (nSPS) is 20.0. The van der Waals surface area contributed by atoms with Gasteiger partial charge in [-0.2, -0.15) is 0 Å². The Hall–Kier alpha value is -0.770. The summed E-state index contributed by atoms with van der Waals surface area (Å²) in [4.78, 5) is 13.4. The van der Waals surface area contributed by atoms with E-state index >= 15 is 0 Å². The zero-order valence-electron chi connectivity index (χ0n) is 10.1. The minimum absolute atomic E-state index is 0.0817. The lowest BCUT2D eigenvalue weighted by molar-refractivity contribution is 0.101. The molecule has 0 atom stereocenters. The molecule has 0 aromatic rings. The molecule has 2 N–H and O–H groups in total. The lowest BCUT2D eigenvalue weighted by Gasteiger charge is -2.43. The van der Waals surface area contributed by atoms with Crippen LogP contribution in [0.25, 0.3) is 0 Å². The summed E-state index contributed by atoms with van der Waals surface area (Å²) in [6, 6.07) is -0.0817. The molecule has 4 nitrogen and oxygen atoms in total. The SMILES string of the molecule is CNC(=O)NCC1(N(C)C)CCCCC1. The van der Waals surface area contributed by atoms with Crippen molar-refractivity contribution in [3.8, 4) is 0 Å². The zero-order valence-corrected chi connectivity index (χ0v) is 10.1. The number of amides is 2. The number of rotatable bonds is 3. The van der Waals surface area contributed by atoms with E-state index in [0.29, 0.717) is 0 Å². The summed E-state index contributed by atoms with van der Waals surface area (Å²) < 4.78 is 0. The van der Waals surface area contributed by atoms with Crippen LogP contribution in [0.2, 0.25) is 0 Å². The van der Waals surface area contributed by atoms with E-state index < -0.39 is 0 Å². The van der Waals surface area contributed by atoms with Gasteiger partial charge in [-0.1, -0.05) is 19.3 Å². The Morgan fingerprint density at radius 3 is 2.33 bits per heavy atom. The molecule has 15 heavy (non-hydrogen) atoms. The van der Waals surface area contributed by atoms with E-state index in [9.17, 15) is 4.79 Å². The quantitative estimate of drug-likeness (QED) is 0.739. The predicted molar refractivity (Wildman–Crippen MR) is 62.0 cm³/mol. The Labute approximate surface area is 92.4 Å². The molecule has 1 rings (SSSR count). The fourth-order valence-electron chi connectivity index (χ4n) is 2.33. The maximum Gasteiger partial charge on any atom is 0.314 e. The van der Waals surface area contributed by atoms with Gasteiger partial charge in [-0.15, -0.1) is 0 Å². The average molecular weight is 213 g/mol. The third-order valence-electron chi connectivity index (χ3n) is 3.54. The fourth-order valence-corrected chi connectivity index (χ4v) is 2.33. The van der Waals surface area contributed by atoms with Gasteiger partial charge in [-0.3, -0.25) is 0 Å². The molecular formula is C11H23N3O. The standard InChI is InChI=1S/C11H23N3O/c1-12-10(15)13-9-11(14(2)3)7-5-4-6-8-11/h4-9H2,1-3H3,(H2,12,13,15). The second kappa shape index (κ2) is 5.35. The van der Waals surface area contributed by atoms with Crippen molar-refractivity contribution in [2.75, 3.05) is 27.7 Å². The van der Waals surface area contributed by atoms with Gasteiger partial charge in [0.05, 0.1) is 0 Å². The van der Waals surface area contributed by atoms with Gasteiger partial charge in [0, 0.05) is 19.1 Å². The Kier molecular flexibility index (Phi) is 4.39. The van der Waals surface area contributed by atoms with Gasteiger partial charge in [0.1, 0.15) is 0 Å². The molecule has 0 unspecified atom stereocenters. The van der Waals surface area contributed by atoms with Crippen molar-refractivity contribution in [2.45, 2.75) is 37.6 Å². The van der Waals surface area contributed by atoms with E-state index in [2.05, 4.69) is 29.6 Å². The van der Waals surface area contributed by atoms with Crippen LogP contribution in [0.4, 0.5) is 4.79 Å². The highest BCUT2D eigenvalue weighted by Crippen LogP contribution is 2.31. The summed E-state index contributed by atoms with van der Waals surface area (Å²) in [5.74, 6) is 0. The highest BCUT2D eigenvalue weighted by Gasteiger charge is 2.34. The maximum atomic E-state index is 11.2. The highest BCUT2D eigenvalue weighted by molar-refractivity contribution is 5.73. The van der Waals surface area contributed by atoms with Gasteiger partial charge in [0.2, 0.25) is 0 Å². The monoisotopic (exact) mass is 213 g/mol. The lowest BCUT2D eigenvalue weighted by atomic mass is 9.80. The second-order valence-electron chi connectivity index (χ2n) is 4.61. The van der Waals surface area contributed by atoms with Crippen molar-refractivity contribution < 1.29 is 4.79 Å². The smallest absolute Gasteiger partial charge is 0.314 e. The minimum atomic E-state index is -0.0817. The summed E-state index contributed by atoms with van der Waals surface area (Å²) in [6.07, 6.45) is 6.24. The summed E-state index contributed by atoms with van der Waals surface area (Å²) in [7, 11) is 5.87. The summed E-state index contributed by atoms with van der Waals surface area (Å²) in [6.45, 7) is 0.750. The molecule has 0 heterocycles. The van der Waals surface area contributed by atoms with Crippen LogP contribution in [0.1, 0.15) is 32.1 Å². The predicted octanol–water partition coefficient (Wildman–Crippen LogP) is 1.18. The summed E-state index contributed by atoms with van der Waals surface area (Å²) >= 11 is 0. The van der Waals surface area contributed by atoms with Gasteiger partial charge in [-0.25, -0.2) is 4.79 Å². The van der Waals surface area contributed by atoms with Gasteiger partial charge >= 0.3 is 6.03 Å². The molecule has 1 aliphatic carbocycles. The first kappa shape index (κ1) is 12.3. The van der Waals surface area contributed by atoms with Crippen molar-refractivity contribution in [1.82, 2.24) is 15.5 Å². The number of carbonyl (C=O) groups is 1. The summed E-state index contributed by atoms with van der Waals surface area (Å²) in [5, 5.41) is 5.52. The van der Waals surface area contributed by atoms with Crippen molar-refractivity contribution >= 4 is 6.03 Å². The fraction of sp³-hybridized carbons (Fsp3) is 0.909. The van der Waals surface area contributed by atoms with Crippen molar-refractivity contribution in [3.05, 3.63) is 0 Å². The number of hydrogen-bond donors (Lipinski definition) is 2. The Morgan fingerprint density at radius 1 is 1.27 bits per heavy atom. The molecule has 0 aliphatic heterocycles. The molecule has 0 bridgehead atoms. The molecular weight excluding hydrogens is 190 g/mol. The maximum absolute atomic E-state index is 11.2. The van der Waals surface area contributed by atoms with Crippen LogP contribution in [0.15, 0.2) is 0 Å². The molecule has 1 aliphatic rings. The van der Waals surface area contributed by atoms with Crippen LogP contribution in [0.5, 0.6) is 0 Å². The van der Waals surface area contributed by atoms with E-state index in [0.717, 1.165) is 6.54 Å². The van der Waals surface area contributed by atoms with Gasteiger partial charge in [0.15, 0.2) is 0 Å². The van der Waals surface area contributed by atoms with E-state index in [1.165, 1.54) is 32.1 Å². The molecule has 0 aromatic carbocycles. The lowest BCUT2D eigenvalue weighted by Crippen LogP contribution is -2.54.